The highest BCUT2D eigenvalue weighted by atomic mass is 79.9. The molecule has 0 radical (unpaired) electrons. The van der Waals surface area contributed by atoms with Crippen LogP contribution in [-0.4, -0.2) is 18.0 Å². The molecule has 0 aliphatic rings. The van der Waals surface area contributed by atoms with Crippen LogP contribution in [0.2, 0.25) is 0 Å². The van der Waals surface area contributed by atoms with Gasteiger partial charge in [-0.25, -0.2) is 5.43 Å². The minimum atomic E-state index is -0.242. The number of carbonyl (C=O) groups excluding carboxylic acids is 2. The van der Waals surface area contributed by atoms with E-state index in [-0.39, 0.29) is 24.7 Å². The predicted molar refractivity (Wildman–Crippen MR) is 130 cm³/mol. The molecular weight excluding hydrogens is 470 g/mol. The average Bonchev–Trinajstić information content (AvgIpc) is 2.80. The standard InChI is InChI=1S/C25H24BrN3O3/c26-21-12-14-22(15-13-21)28-24(30)10-5-11-25(31)29-27-17-20-8-4-9-23(16-20)32-18-19-6-2-1-3-7-19/h1-4,6-9,12-17H,5,10-11,18H2,(H,28,30)(H,29,31)/b27-17-. The van der Waals surface area contributed by atoms with Gasteiger partial charge < -0.3 is 10.1 Å². The molecule has 0 saturated carbocycles. The number of nitrogens with one attached hydrogen (secondary N) is 2. The number of ether oxygens (including phenoxy) is 1. The number of hydrogen-bond acceptors (Lipinski definition) is 4. The summed E-state index contributed by atoms with van der Waals surface area (Å²) in [5.74, 6) is 0.353. The van der Waals surface area contributed by atoms with Crippen LogP contribution in [0.5, 0.6) is 5.75 Å². The third-order valence-corrected chi connectivity index (χ3v) is 4.97. The van der Waals surface area contributed by atoms with E-state index < -0.39 is 0 Å². The summed E-state index contributed by atoms with van der Waals surface area (Å²) in [6.07, 6.45) is 2.47. The Morgan fingerprint density at radius 3 is 2.44 bits per heavy atom. The van der Waals surface area contributed by atoms with Crippen molar-refractivity contribution in [3.05, 3.63) is 94.5 Å². The molecule has 7 heteroatoms. The van der Waals surface area contributed by atoms with Gasteiger partial charge in [-0.1, -0.05) is 58.4 Å². The lowest BCUT2D eigenvalue weighted by Gasteiger charge is -2.07. The van der Waals surface area contributed by atoms with Gasteiger partial charge in [0.15, 0.2) is 0 Å². The molecule has 164 valence electrons. The van der Waals surface area contributed by atoms with Gasteiger partial charge in [-0.05, 0) is 53.9 Å². The largest absolute Gasteiger partial charge is 0.489 e. The monoisotopic (exact) mass is 493 g/mol. The molecule has 6 nitrogen and oxygen atoms in total. The zero-order valence-corrected chi connectivity index (χ0v) is 19.0. The fourth-order valence-electron chi connectivity index (χ4n) is 2.83. The number of halogens is 1. The Hall–Kier alpha value is -3.45. The molecule has 0 aromatic heterocycles. The van der Waals surface area contributed by atoms with Gasteiger partial charge in [0.25, 0.3) is 0 Å². The van der Waals surface area contributed by atoms with Gasteiger partial charge in [0.1, 0.15) is 12.4 Å². The fraction of sp³-hybridized carbons (Fsp3) is 0.160. The summed E-state index contributed by atoms with van der Waals surface area (Å²) in [6.45, 7) is 0.480. The maximum absolute atomic E-state index is 12.0. The van der Waals surface area contributed by atoms with Crippen molar-refractivity contribution in [1.82, 2.24) is 5.43 Å². The lowest BCUT2D eigenvalue weighted by atomic mass is 10.2. The van der Waals surface area contributed by atoms with E-state index in [9.17, 15) is 9.59 Å². The average molecular weight is 494 g/mol. The maximum atomic E-state index is 12.0. The second-order valence-electron chi connectivity index (χ2n) is 7.05. The summed E-state index contributed by atoms with van der Waals surface area (Å²) in [4.78, 5) is 23.9. The number of hydrogen-bond donors (Lipinski definition) is 2. The molecule has 3 aromatic carbocycles. The molecule has 32 heavy (non-hydrogen) atoms. The number of carbonyl (C=O) groups is 2. The van der Waals surface area contributed by atoms with Crippen LogP contribution in [0.25, 0.3) is 0 Å². The van der Waals surface area contributed by atoms with Gasteiger partial charge in [-0.2, -0.15) is 5.10 Å². The molecule has 0 fully saturated rings. The topological polar surface area (TPSA) is 79.8 Å². The van der Waals surface area contributed by atoms with Gasteiger partial charge in [0, 0.05) is 23.0 Å². The Labute approximate surface area is 195 Å². The normalized spacial score (nSPS) is 10.7. The van der Waals surface area contributed by atoms with Gasteiger partial charge in [-0.3, -0.25) is 9.59 Å². The molecule has 0 heterocycles. The van der Waals surface area contributed by atoms with E-state index in [0.717, 1.165) is 27.0 Å². The zero-order chi connectivity index (χ0) is 22.6. The second-order valence-corrected chi connectivity index (χ2v) is 7.96. The summed E-state index contributed by atoms with van der Waals surface area (Å²) < 4.78 is 6.74. The zero-order valence-electron chi connectivity index (χ0n) is 17.5. The highest BCUT2D eigenvalue weighted by molar-refractivity contribution is 9.10. The highest BCUT2D eigenvalue weighted by Crippen LogP contribution is 2.15. The summed E-state index contributed by atoms with van der Waals surface area (Å²) in [5.41, 5.74) is 5.11. The van der Waals surface area contributed by atoms with Crippen molar-refractivity contribution in [3.8, 4) is 5.75 Å². The molecule has 0 saturated heterocycles. The third kappa shape index (κ3) is 8.35. The number of amides is 2. The Balaban J connectivity index is 1.36. The van der Waals surface area contributed by atoms with Crippen LogP contribution in [0, 0.1) is 0 Å². The Kier molecular flexibility index (Phi) is 9.01. The van der Waals surface area contributed by atoms with Crippen LogP contribution >= 0.6 is 15.9 Å². The van der Waals surface area contributed by atoms with E-state index >= 15 is 0 Å². The molecule has 0 atom stereocenters. The first-order chi connectivity index (χ1) is 15.6. The third-order valence-electron chi connectivity index (χ3n) is 4.44. The van der Waals surface area contributed by atoms with Gasteiger partial charge in [0.2, 0.25) is 11.8 Å². The maximum Gasteiger partial charge on any atom is 0.240 e. The van der Waals surface area contributed by atoms with Gasteiger partial charge >= 0.3 is 0 Å². The van der Waals surface area contributed by atoms with E-state index in [1.165, 1.54) is 0 Å². The van der Waals surface area contributed by atoms with Crippen LogP contribution in [0.3, 0.4) is 0 Å². The van der Waals surface area contributed by atoms with E-state index in [0.29, 0.717) is 13.0 Å². The fourth-order valence-corrected chi connectivity index (χ4v) is 3.09. The van der Waals surface area contributed by atoms with Crippen LogP contribution in [0.4, 0.5) is 5.69 Å². The van der Waals surface area contributed by atoms with Crippen molar-refractivity contribution in [2.24, 2.45) is 5.10 Å². The lowest BCUT2D eigenvalue weighted by Crippen LogP contribution is -2.18. The molecule has 2 amide bonds. The quantitative estimate of drug-likeness (QED) is 0.297. The first kappa shape index (κ1) is 23.2. The van der Waals surface area contributed by atoms with E-state index in [4.69, 9.17) is 4.74 Å². The SMILES string of the molecule is O=C(CCCC(=O)Nc1ccc(Br)cc1)N/N=C\c1cccc(OCc2ccccc2)c1. The number of hydrazone groups is 1. The van der Waals surface area contributed by atoms with Crippen molar-refractivity contribution < 1.29 is 14.3 Å². The number of anilines is 1. The summed E-state index contributed by atoms with van der Waals surface area (Å²) >= 11 is 3.35. The first-order valence-electron chi connectivity index (χ1n) is 10.2. The van der Waals surface area contributed by atoms with Crippen LogP contribution in [0.1, 0.15) is 30.4 Å². The molecule has 3 aromatic rings. The van der Waals surface area contributed by atoms with Gasteiger partial charge in [-0.15, -0.1) is 0 Å². The van der Waals surface area contributed by atoms with Crippen molar-refractivity contribution >= 4 is 39.6 Å². The van der Waals surface area contributed by atoms with Crippen LogP contribution in [0.15, 0.2) is 88.4 Å². The number of benzene rings is 3. The lowest BCUT2D eigenvalue weighted by molar-refractivity contribution is -0.121. The van der Waals surface area contributed by atoms with Crippen LogP contribution < -0.4 is 15.5 Å². The minimum Gasteiger partial charge on any atom is -0.489 e. The summed E-state index contributed by atoms with van der Waals surface area (Å²) in [7, 11) is 0. The van der Waals surface area contributed by atoms with Crippen molar-refractivity contribution in [3.63, 3.8) is 0 Å². The molecule has 0 aliphatic heterocycles. The van der Waals surface area contributed by atoms with Crippen molar-refractivity contribution in [1.29, 1.82) is 0 Å². The molecule has 2 N–H and O–H groups in total. The second kappa shape index (κ2) is 12.4. The Morgan fingerprint density at radius 2 is 1.66 bits per heavy atom. The molecule has 0 spiro atoms. The first-order valence-corrected chi connectivity index (χ1v) is 11.0. The van der Waals surface area contributed by atoms with Gasteiger partial charge in [0.05, 0.1) is 6.21 Å². The van der Waals surface area contributed by atoms with E-state index in [1.807, 2.05) is 78.9 Å². The van der Waals surface area contributed by atoms with Crippen molar-refractivity contribution in [2.45, 2.75) is 25.9 Å². The summed E-state index contributed by atoms with van der Waals surface area (Å²) in [5, 5.41) is 6.79. The summed E-state index contributed by atoms with van der Waals surface area (Å²) in [6, 6.07) is 24.7. The number of nitrogens with zero attached hydrogens (tertiary/aromatic N) is 1. The minimum absolute atomic E-state index is 0.129. The molecular formula is C25H24BrN3O3. The Bertz CT molecular complexity index is 1050. The molecule has 3 rings (SSSR count). The Morgan fingerprint density at radius 1 is 0.906 bits per heavy atom. The predicted octanol–water partition coefficient (Wildman–Crippen LogP) is 5.29. The smallest absolute Gasteiger partial charge is 0.240 e. The molecule has 0 unspecified atom stereocenters. The number of rotatable bonds is 10. The van der Waals surface area contributed by atoms with E-state index in [1.54, 1.807) is 6.21 Å². The van der Waals surface area contributed by atoms with Crippen LogP contribution in [-0.2, 0) is 16.2 Å². The molecule has 0 bridgehead atoms. The highest BCUT2D eigenvalue weighted by Gasteiger charge is 2.05. The van der Waals surface area contributed by atoms with Crippen molar-refractivity contribution in [2.75, 3.05) is 5.32 Å². The van der Waals surface area contributed by atoms with E-state index in [2.05, 4.69) is 31.8 Å². The molecule has 0 aliphatic carbocycles.